The zero-order chi connectivity index (χ0) is 21.8. The summed E-state index contributed by atoms with van der Waals surface area (Å²) in [6, 6.07) is 17.4. The van der Waals surface area contributed by atoms with E-state index in [4.69, 9.17) is 0 Å². The van der Waals surface area contributed by atoms with Crippen LogP contribution in [0.5, 0.6) is 0 Å². The number of carbonyl (C=O) groups is 2. The van der Waals surface area contributed by atoms with E-state index in [1.54, 1.807) is 0 Å². The number of carboxylic acids is 1. The Morgan fingerprint density at radius 3 is 2.61 bits per heavy atom. The topological polar surface area (TPSA) is 83.4 Å². The number of carboxylic acid groups (broad SMARTS) is 1. The molecule has 3 aromatic rings. The maximum absolute atomic E-state index is 12.4. The van der Waals surface area contributed by atoms with Gasteiger partial charge in [-0.05, 0) is 49.3 Å². The molecule has 0 radical (unpaired) electrons. The summed E-state index contributed by atoms with van der Waals surface area (Å²) >= 11 is 0. The summed E-state index contributed by atoms with van der Waals surface area (Å²) in [4.78, 5) is 24.3. The molecule has 2 amide bonds. The molecule has 2 aromatic carbocycles. The van der Waals surface area contributed by atoms with Gasteiger partial charge in [-0.3, -0.25) is 0 Å². The van der Waals surface area contributed by atoms with Crippen molar-refractivity contribution in [1.82, 2.24) is 15.2 Å². The monoisotopic (exact) mass is 419 g/mol. The van der Waals surface area contributed by atoms with E-state index in [0.717, 1.165) is 41.4 Å². The van der Waals surface area contributed by atoms with Gasteiger partial charge in [0.1, 0.15) is 6.04 Å². The summed E-state index contributed by atoms with van der Waals surface area (Å²) in [7, 11) is 0. The maximum atomic E-state index is 12.4. The lowest BCUT2D eigenvalue weighted by Crippen LogP contribution is -2.45. The minimum Gasteiger partial charge on any atom is -0.480 e. The van der Waals surface area contributed by atoms with E-state index >= 15 is 0 Å². The molecule has 31 heavy (non-hydrogen) atoms. The molecule has 6 heteroatoms. The number of urea groups is 1. The van der Waals surface area contributed by atoms with Crippen molar-refractivity contribution < 1.29 is 14.7 Å². The molecule has 1 heterocycles. The van der Waals surface area contributed by atoms with Gasteiger partial charge >= 0.3 is 12.0 Å². The Balaban J connectivity index is 1.46. The fraction of sp³-hybridized carbons (Fsp3) is 0.360. The zero-order valence-electron chi connectivity index (χ0n) is 17.8. The van der Waals surface area contributed by atoms with Gasteiger partial charge in [0, 0.05) is 29.2 Å². The van der Waals surface area contributed by atoms with Gasteiger partial charge < -0.3 is 20.3 Å². The highest BCUT2D eigenvalue weighted by Crippen LogP contribution is 2.35. The van der Waals surface area contributed by atoms with Gasteiger partial charge in [0.15, 0.2) is 0 Å². The highest BCUT2D eigenvalue weighted by molar-refractivity contribution is 5.88. The Morgan fingerprint density at radius 2 is 1.87 bits per heavy atom. The average molecular weight is 420 g/mol. The second-order valence-corrected chi connectivity index (χ2v) is 8.15. The van der Waals surface area contributed by atoms with Crippen LogP contribution in [0.4, 0.5) is 4.79 Å². The third-order valence-corrected chi connectivity index (χ3v) is 6.17. The normalized spacial score (nSPS) is 16.5. The standard InChI is InChI=1S/C25H29N3O3/c1-2-21(24(29)30)28-22-11-7-6-10-19(22)20-16-18(12-13-23(20)28)27-25(31)26-15-14-17-8-4-3-5-9-17/h3-11,18,21H,2,12-16H2,1H3,(H,29,30)(H2,26,27,31)/t18-,21?/m0/s1. The number of rotatable bonds is 7. The predicted molar refractivity (Wildman–Crippen MR) is 121 cm³/mol. The number of nitrogens with zero attached hydrogens (tertiary/aromatic N) is 1. The highest BCUT2D eigenvalue weighted by atomic mass is 16.4. The van der Waals surface area contributed by atoms with Gasteiger partial charge in [-0.2, -0.15) is 0 Å². The summed E-state index contributed by atoms with van der Waals surface area (Å²) < 4.78 is 2.00. The van der Waals surface area contributed by atoms with Gasteiger partial charge in [0.25, 0.3) is 0 Å². The molecule has 0 spiro atoms. The molecule has 1 aliphatic rings. The van der Waals surface area contributed by atoms with Crippen LogP contribution >= 0.6 is 0 Å². The molecule has 0 bridgehead atoms. The summed E-state index contributed by atoms with van der Waals surface area (Å²) in [5.41, 5.74) is 4.42. The van der Waals surface area contributed by atoms with E-state index in [9.17, 15) is 14.7 Å². The quantitative estimate of drug-likeness (QED) is 0.540. The molecular weight excluding hydrogens is 390 g/mol. The number of amides is 2. The van der Waals surface area contributed by atoms with Crippen LogP contribution in [0, 0.1) is 0 Å². The predicted octanol–water partition coefficient (Wildman–Crippen LogP) is 4.08. The fourth-order valence-electron chi connectivity index (χ4n) is 4.69. The first kappa shape index (κ1) is 21.0. The number of hydrogen-bond acceptors (Lipinski definition) is 2. The number of aromatic nitrogens is 1. The van der Waals surface area contributed by atoms with Gasteiger partial charge in [-0.25, -0.2) is 9.59 Å². The van der Waals surface area contributed by atoms with Crippen molar-refractivity contribution in [2.45, 2.75) is 51.1 Å². The van der Waals surface area contributed by atoms with Crippen LogP contribution < -0.4 is 10.6 Å². The molecule has 3 N–H and O–H groups in total. The van der Waals surface area contributed by atoms with Crippen LogP contribution in [-0.4, -0.2) is 34.3 Å². The lowest BCUT2D eigenvalue weighted by Gasteiger charge is -2.26. The van der Waals surface area contributed by atoms with Crippen LogP contribution in [0.25, 0.3) is 10.9 Å². The number of hydrogen-bond donors (Lipinski definition) is 3. The van der Waals surface area contributed by atoms with Crippen LogP contribution in [-0.2, 0) is 24.1 Å². The van der Waals surface area contributed by atoms with Crippen molar-refractivity contribution in [2.75, 3.05) is 6.54 Å². The Labute approximate surface area is 182 Å². The first-order valence-corrected chi connectivity index (χ1v) is 11.0. The Kier molecular flexibility index (Phi) is 6.26. The summed E-state index contributed by atoms with van der Waals surface area (Å²) in [5, 5.41) is 16.9. The van der Waals surface area contributed by atoms with Crippen LogP contribution in [0.1, 0.15) is 42.6 Å². The van der Waals surface area contributed by atoms with Crippen molar-refractivity contribution in [3.05, 3.63) is 71.4 Å². The summed E-state index contributed by atoms with van der Waals surface area (Å²) in [6.07, 6.45) is 3.59. The molecule has 0 saturated carbocycles. The van der Waals surface area contributed by atoms with Crippen molar-refractivity contribution in [1.29, 1.82) is 0 Å². The SMILES string of the molecule is CCC(C(=O)O)n1c2c(c3ccccc31)C[C@@H](NC(=O)NCCc1ccccc1)CC2. The molecule has 1 aromatic heterocycles. The number of nitrogens with one attached hydrogen (secondary N) is 2. The highest BCUT2D eigenvalue weighted by Gasteiger charge is 2.30. The summed E-state index contributed by atoms with van der Waals surface area (Å²) in [6.45, 7) is 2.50. The lowest BCUT2D eigenvalue weighted by atomic mass is 9.91. The number of carbonyl (C=O) groups excluding carboxylic acids is 1. The lowest BCUT2D eigenvalue weighted by molar-refractivity contribution is -0.140. The third kappa shape index (κ3) is 4.43. The van der Waals surface area contributed by atoms with E-state index in [-0.39, 0.29) is 12.1 Å². The van der Waals surface area contributed by atoms with Gasteiger partial charge in [-0.15, -0.1) is 0 Å². The largest absolute Gasteiger partial charge is 0.480 e. The van der Waals surface area contributed by atoms with Crippen molar-refractivity contribution in [2.24, 2.45) is 0 Å². The van der Waals surface area contributed by atoms with Crippen LogP contribution in [0.3, 0.4) is 0 Å². The molecule has 1 aliphatic carbocycles. The first-order valence-electron chi connectivity index (χ1n) is 11.0. The molecule has 0 aliphatic heterocycles. The zero-order valence-corrected chi connectivity index (χ0v) is 17.8. The second kappa shape index (κ2) is 9.25. The second-order valence-electron chi connectivity index (χ2n) is 8.15. The smallest absolute Gasteiger partial charge is 0.326 e. The Bertz CT molecular complexity index is 1070. The third-order valence-electron chi connectivity index (χ3n) is 6.17. The minimum atomic E-state index is -0.802. The molecule has 0 saturated heterocycles. The number of para-hydroxylation sites is 1. The fourth-order valence-corrected chi connectivity index (χ4v) is 4.69. The summed E-state index contributed by atoms with van der Waals surface area (Å²) in [5.74, 6) is -0.802. The molecule has 4 rings (SSSR count). The van der Waals surface area contributed by atoms with Gasteiger partial charge in [0.05, 0.1) is 0 Å². The molecular formula is C25H29N3O3. The van der Waals surface area contributed by atoms with Gasteiger partial charge in [-0.1, -0.05) is 55.5 Å². The maximum Gasteiger partial charge on any atom is 0.326 e. The van der Waals surface area contributed by atoms with E-state index in [2.05, 4.69) is 28.8 Å². The number of fused-ring (bicyclic) bond motifs is 3. The molecule has 2 atom stereocenters. The van der Waals surface area contributed by atoms with E-state index in [1.165, 1.54) is 5.56 Å². The van der Waals surface area contributed by atoms with Crippen molar-refractivity contribution in [3.63, 3.8) is 0 Å². The van der Waals surface area contributed by atoms with Gasteiger partial charge in [0.2, 0.25) is 0 Å². The van der Waals surface area contributed by atoms with E-state index < -0.39 is 12.0 Å². The van der Waals surface area contributed by atoms with Crippen LogP contribution in [0.2, 0.25) is 0 Å². The first-order chi connectivity index (χ1) is 15.1. The Hall–Kier alpha value is -3.28. The molecule has 6 nitrogen and oxygen atoms in total. The molecule has 0 fully saturated rings. The average Bonchev–Trinajstić information content (AvgIpc) is 3.09. The van der Waals surface area contributed by atoms with Crippen molar-refractivity contribution in [3.8, 4) is 0 Å². The Morgan fingerprint density at radius 1 is 1.13 bits per heavy atom. The minimum absolute atomic E-state index is 0.0355. The van der Waals surface area contributed by atoms with E-state index in [0.29, 0.717) is 19.4 Å². The molecule has 1 unspecified atom stereocenters. The van der Waals surface area contributed by atoms with Crippen LogP contribution in [0.15, 0.2) is 54.6 Å². The number of benzene rings is 2. The molecule has 162 valence electrons. The van der Waals surface area contributed by atoms with E-state index in [1.807, 2.05) is 47.9 Å². The van der Waals surface area contributed by atoms with Crippen molar-refractivity contribution >= 4 is 22.9 Å². The number of aliphatic carboxylic acids is 1.